The number of aryl methyl sites for hydroxylation is 1. The van der Waals surface area contributed by atoms with E-state index < -0.39 is 5.41 Å². The van der Waals surface area contributed by atoms with Crippen molar-refractivity contribution in [2.75, 3.05) is 0 Å². The van der Waals surface area contributed by atoms with Gasteiger partial charge in [0.1, 0.15) is 5.82 Å². The van der Waals surface area contributed by atoms with Gasteiger partial charge in [0, 0.05) is 5.69 Å². The average Bonchev–Trinajstić information content (AvgIpc) is 3.84. The van der Waals surface area contributed by atoms with Crippen LogP contribution in [0.25, 0.3) is 82.4 Å². The van der Waals surface area contributed by atoms with Crippen LogP contribution in [0.4, 0.5) is 0 Å². The average molecular weight is 673 g/mol. The second-order valence-corrected chi connectivity index (χ2v) is 14.6. The number of imidazole rings is 1. The molecule has 1 aromatic heterocycles. The Balaban J connectivity index is 1.23. The van der Waals surface area contributed by atoms with Crippen LogP contribution in [-0.2, 0) is 5.41 Å². The Labute approximate surface area is 307 Å². The summed E-state index contributed by atoms with van der Waals surface area (Å²) in [5.74, 6) is 0.986. The zero-order chi connectivity index (χ0) is 34.8. The lowest BCUT2D eigenvalue weighted by Gasteiger charge is -2.32. The number of fused-ring (bicyclic) bond motifs is 18. The Bertz CT molecular complexity index is 3130. The van der Waals surface area contributed by atoms with Crippen LogP contribution >= 0.6 is 0 Å². The molecule has 1 spiro atoms. The maximum atomic E-state index is 4.85. The van der Waals surface area contributed by atoms with Crippen LogP contribution in [0.1, 0.15) is 28.1 Å². The van der Waals surface area contributed by atoms with Gasteiger partial charge in [0.15, 0.2) is 0 Å². The van der Waals surface area contributed by atoms with E-state index in [1.807, 2.05) is 0 Å². The molecule has 0 aliphatic heterocycles. The van der Waals surface area contributed by atoms with E-state index in [0.29, 0.717) is 0 Å². The molecule has 10 aromatic rings. The van der Waals surface area contributed by atoms with Crippen molar-refractivity contribution in [2.45, 2.75) is 12.3 Å². The molecule has 9 aromatic carbocycles. The van der Waals surface area contributed by atoms with Crippen molar-refractivity contribution in [3.05, 3.63) is 204 Å². The predicted molar refractivity (Wildman–Crippen MR) is 220 cm³/mol. The summed E-state index contributed by atoms with van der Waals surface area (Å²) in [7, 11) is 0. The molecular weight excluding hydrogens is 641 g/mol. The molecule has 2 nitrogen and oxygen atoms in total. The van der Waals surface area contributed by atoms with Crippen molar-refractivity contribution in [3.63, 3.8) is 0 Å². The summed E-state index contributed by atoms with van der Waals surface area (Å²) >= 11 is 0. The van der Waals surface area contributed by atoms with Crippen LogP contribution in [-0.4, -0.2) is 9.55 Å². The Morgan fingerprint density at radius 2 is 0.962 bits per heavy atom. The third kappa shape index (κ3) is 3.60. The Morgan fingerprint density at radius 3 is 1.66 bits per heavy atom. The van der Waals surface area contributed by atoms with Gasteiger partial charge in [-0.15, -0.1) is 0 Å². The van der Waals surface area contributed by atoms with Gasteiger partial charge in [-0.2, -0.15) is 0 Å². The third-order valence-electron chi connectivity index (χ3n) is 12.1. The van der Waals surface area contributed by atoms with Gasteiger partial charge in [0.2, 0.25) is 0 Å². The van der Waals surface area contributed by atoms with Crippen molar-refractivity contribution in [1.29, 1.82) is 0 Å². The van der Waals surface area contributed by atoms with E-state index in [1.165, 1.54) is 88.0 Å². The van der Waals surface area contributed by atoms with Crippen LogP contribution in [0.15, 0.2) is 176 Å². The molecule has 0 fully saturated rings. The summed E-state index contributed by atoms with van der Waals surface area (Å²) < 4.78 is 2.26. The van der Waals surface area contributed by atoms with Crippen molar-refractivity contribution < 1.29 is 0 Å². The standard InChI is InChI=1S/C51H32N2/c1-31-52-46-24-12-13-25-47(46)53(31)33-28-26-32(27-29-33)42-30-45-48(39-19-5-3-16-36(39)42)49-40-20-6-2-14-34(40)35-15-4-7-21-41(35)50(49)51(45)43-22-10-8-17-37(43)38-18-9-11-23-44(38)51/h2-30H,1H3. The van der Waals surface area contributed by atoms with Crippen LogP contribution in [0.5, 0.6) is 0 Å². The Hall–Kier alpha value is -6.77. The molecule has 2 aliphatic carbocycles. The SMILES string of the molecule is Cc1nc2ccccc2n1-c1ccc(-c2cc3c(c4ccccc24)-c2c(c4ccccc4c4ccccc24)C32c3ccccc3-c3ccccc32)cc1. The highest BCUT2D eigenvalue weighted by molar-refractivity contribution is 6.24. The van der Waals surface area contributed by atoms with E-state index in [4.69, 9.17) is 4.98 Å². The summed E-state index contributed by atoms with van der Waals surface area (Å²) in [6.45, 7) is 2.09. The fraction of sp³-hybridized carbons (Fsp3) is 0.0392. The van der Waals surface area contributed by atoms with E-state index in [1.54, 1.807) is 0 Å². The highest BCUT2D eigenvalue weighted by Gasteiger charge is 2.53. The summed E-state index contributed by atoms with van der Waals surface area (Å²) in [6.07, 6.45) is 0. The molecule has 2 aliphatic rings. The van der Waals surface area contributed by atoms with Crippen molar-refractivity contribution >= 4 is 43.4 Å². The molecule has 1 heterocycles. The molecule has 0 radical (unpaired) electrons. The van der Waals surface area contributed by atoms with Gasteiger partial charge in [0.05, 0.1) is 16.4 Å². The first-order valence-electron chi connectivity index (χ1n) is 18.5. The number of aromatic nitrogens is 2. The fourth-order valence-electron chi connectivity index (χ4n) is 10.2. The molecule has 0 saturated carbocycles. The van der Waals surface area contributed by atoms with Crippen LogP contribution in [0, 0.1) is 6.92 Å². The minimum Gasteiger partial charge on any atom is -0.297 e. The molecule has 0 atom stereocenters. The molecule has 0 N–H and O–H groups in total. The molecule has 53 heavy (non-hydrogen) atoms. The minimum absolute atomic E-state index is 0.493. The number of hydrogen-bond donors (Lipinski definition) is 0. The van der Waals surface area contributed by atoms with Crippen molar-refractivity contribution in [2.24, 2.45) is 0 Å². The largest absolute Gasteiger partial charge is 0.297 e. The molecule has 12 rings (SSSR count). The van der Waals surface area contributed by atoms with Gasteiger partial charge in [-0.05, 0) is 125 Å². The maximum Gasteiger partial charge on any atom is 0.111 e. The van der Waals surface area contributed by atoms with Crippen molar-refractivity contribution in [1.82, 2.24) is 9.55 Å². The Kier molecular flexibility index (Phi) is 5.67. The second kappa shape index (κ2) is 10.4. The second-order valence-electron chi connectivity index (χ2n) is 14.6. The minimum atomic E-state index is -0.493. The van der Waals surface area contributed by atoms with E-state index in [0.717, 1.165) is 22.5 Å². The molecule has 2 heteroatoms. The quantitative estimate of drug-likeness (QED) is 0.167. The fourth-order valence-corrected chi connectivity index (χ4v) is 10.2. The number of para-hydroxylation sites is 2. The molecule has 0 saturated heterocycles. The predicted octanol–water partition coefficient (Wildman–Crippen LogP) is 12.8. The van der Waals surface area contributed by atoms with Crippen LogP contribution in [0.2, 0.25) is 0 Å². The highest BCUT2D eigenvalue weighted by Crippen LogP contribution is 2.66. The van der Waals surface area contributed by atoms with E-state index in [-0.39, 0.29) is 0 Å². The van der Waals surface area contributed by atoms with E-state index >= 15 is 0 Å². The van der Waals surface area contributed by atoms with Crippen molar-refractivity contribution in [3.8, 4) is 39.1 Å². The lowest BCUT2D eigenvalue weighted by Crippen LogP contribution is -2.26. The third-order valence-corrected chi connectivity index (χ3v) is 12.1. The molecular formula is C51H32N2. The topological polar surface area (TPSA) is 17.8 Å². The monoisotopic (exact) mass is 672 g/mol. The first-order chi connectivity index (χ1) is 26.2. The molecule has 0 unspecified atom stereocenters. The van der Waals surface area contributed by atoms with E-state index in [9.17, 15) is 0 Å². The first kappa shape index (κ1) is 28.9. The van der Waals surface area contributed by atoms with Gasteiger partial charge >= 0.3 is 0 Å². The number of nitrogens with zero attached hydrogens (tertiary/aromatic N) is 2. The van der Waals surface area contributed by atoms with Gasteiger partial charge in [-0.25, -0.2) is 4.98 Å². The molecule has 0 amide bonds. The molecule has 246 valence electrons. The van der Waals surface area contributed by atoms with Gasteiger partial charge in [-0.1, -0.05) is 146 Å². The van der Waals surface area contributed by atoms with Crippen LogP contribution < -0.4 is 0 Å². The lowest BCUT2D eigenvalue weighted by atomic mass is 9.68. The molecule has 0 bridgehead atoms. The van der Waals surface area contributed by atoms with Crippen LogP contribution in [0.3, 0.4) is 0 Å². The highest BCUT2D eigenvalue weighted by atomic mass is 15.1. The van der Waals surface area contributed by atoms with Gasteiger partial charge < -0.3 is 0 Å². The lowest BCUT2D eigenvalue weighted by molar-refractivity contribution is 0.803. The smallest absolute Gasteiger partial charge is 0.111 e. The first-order valence-corrected chi connectivity index (χ1v) is 18.5. The van der Waals surface area contributed by atoms with E-state index in [2.05, 4.69) is 187 Å². The summed E-state index contributed by atoms with van der Waals surface area (Å²) in [5, 5.41) is 7.80. The maximum absolute atomic E-state index is 4.85. The summed E-state index contributed by atoms with van der Waals surface area (Å²) in [4.78, 5) is 4.85. The Morgan fingerprint density at radius 1 is 0.434 bits per heavy atom. The number of hydrogen-bond acceptors (Lipinski definition) is 1. The number of benzene rings is 9. The normalized spacial score (nSPS) is 13.5. The zero-order valence-corrected chi connectivity index (χ0v) is 29.1. The van der Waals surface area contributed by atoms with Gasteiger partial charge in [-0.3, -0.25) is 4.57 Å². The zero-order valence-electron chi connectivity index (χ0n) is 29.1. The summed E-state index contributed by atoms with van der Waals surface area (Å²) in [6, 6.07) is 65.5. The van der Waals surface area contributed by atoms with Gasteiger partial charge in [0.25, 0.3) is 0 Å². The summed E-state index contributed by atoms with van der Waals surface area (Å²) in [5.41, 5.74) is 16.1. The number of rotatable bonds is 2.